The standard InChI is InChI=1S/C11H14N4O2S/c1-11(15-6-7(5-12)17-10(15)16)14-9-8(18-11)3-2-4-13-9/h2-4,7H,5-6,12H2,1H3,(H,13,14)/t7-,11?/m0/s1. The molecule has 2 atom stereocenters. The number of carbonyl (C=O) groups excluding carboxylic acids is 1. The van der Waals surface area contributed by atoms with Crippen molar-refractivity contribution in [1.82, 2.24) is 9.88 Å². The number of amides is 1. The molecule has 2 aliphatic heterocycles. The van der Waals surface area contributed by atoms with Gasteiger partial charge in [-0.1, -0.05) is 11.8 Å². The van der Waals surface area contributed by atoms with Crippen LogP contribution in [0.2, 0.25) is 0 Å². The Labute approximate surface area is 109 Å². The summed E-state index contributed by atoms with van der Waals surface area (Å²) >= 11 is 1.56. The maximum absolute atomic E-state index is 11.9. The van der Waals surface area contributed by atoms with Crippen LogP contribution in [0, 0.1) is 0 Å². The van der Waals surface area contributed by atoms with E-state index in [1.807, 2.05) is 19.1 Å². The molecule has 1 amide bonds. The lowest BCUT2D eigenvalue weighted by atomic mass is 10.3. The third kappa shape index (κ3) is 1.70. The van der Waals surface area contributed by atoms with Gasteiger partial charge in [0.25, 0.3) is 0 Å². The van der Waals surface area contributed by atoms with E-state index in [2.05, 4.69) is 10.3 Å². The average molecular weight is 266 g/mol. The Hall–Kier alpha value is -1.47. The van der Waals surface area contributed by atoms with E-state index < -0.39 is 4.99 Å². The number of nitrogens with two attached hydrogens (primary N) is 1. The molecule has 3 rings (SSSR count). The van der Waals surface area contributed by atoms with E-state index in [4.69, 9.17) is 10.5 Å². The van der Waals surface area contributed by atoms with Gasteiger partial charge in [-0.3, -0.25) is 4.90 Å². The Kier molecular flexibility index (Phi) is 2.60. The number of anilines is 1. The molecule has 2 aliphatic rings. The predicted octanol–water partition coefficient (Wildman–Crippen LogP) is 1.05. The lowest BCUT2D eigenvalue weighted by Gasteiger charge is -2.32. The smallest absolute Gasteiger partial charge is 0.412 e. The van der Waals surface area contributed by atoms with E-state index in [1.165, 1.54) is 0 Å². The highest BCUT2D eigenvalue weighted by Crippen LogP contribution is 2.46. The second-order valence-corrected chi connectivity index (χ2v) is 5.85. The van der Waals surface area contributed by atoms with E-state index in [1.54, 1.807) is 22.9 Å². The van der Waals surface area contributed by atoms with E-state index >= 15 is 0 Å². The van der Waals surface area contributed by atoms with Crippen molar-refractivity contribution in [3.8, 4) is 0 Å². The van der Waals surface area contributed by atoms with E-state index in [9.17, 15) is 4.79 Å². The summed E-state index contributed by atoms with van der Waals surface area (Å²) in [5.74, 6) is 0.800. The number of hydrogen-bond donors (Lipinski definition) is 2. The molecule has 0 saturated carbocycles. The van der Waals surface area contributed by atoms with Crippen molar-refractivity contribution in [2.45, 2.75) is 22.9 Å². The van der Waals surface area contributed by atoms with Crippen LogP contribution in [0.3, 0.4) is 0 Å². The summed E-state index contributed by atoms with van der Waals surface area (Å²) in [5.41, 5.74) is 5.54. The molecule has 1 saturated heterocycles. The SMILES string of the molecule is CC1(N2C[C@H](CN)OC2=O)Nc2ncccc2S1. The maximum Gasteiger partial charge on any atom is 0.412 e. The van der Waals surface area contributed by atoms with Gasteiger partial charge >= 0.3 is 6.09 Å². The minimum atomic E-state index is -0.558. The lowest BCUT2D eigenvalue weighted by Crippen LogP contribution is -2.48. The van der Waals surface area contributed by atoms with Gasteiger partial charge in [0.2, 0.25) is 0 Å². The van der Waals surface area contributed by atoms with Gasteiger partial charge in [-0.05, 0) is 19.1 Å². The molecule has 1 unspecified atom stereocenters. The molecule has 1 aromatic heterocycles. The molecule has 3 N–H and O–H groups in total. The number of pyridine rings is 1. The van der Waals surface area contributed by atoms with Crippen molar-refractivity contribution in [1.29, 1.82) is 0 Å². The largest absolute Gasteiger partial charge is 0.443 e. The minimum absolute atomic E-state index is 0.228. The number of aromatic nitrogens is 1. The molecule has 0 bridgehead atoms. The van der Waals surface area contributed by atoms with Crippen LogP contribution < -0.4 is 11.1 Å². The predicted molar refractivity (Wildman–Crippen MR) is 68.2 cm³/mol. The molecule has 3 heterocycles. The van der Waals surface area contributed by atoms with Crippen molar-refractivity contribution < 1.29 is 9.53 Å². The molecule has 18 heavy (non-hydrogen) atoms. The molecule has 96 valence electrons. The highest BCUT2D eigenvalue weighted by atomic mass is 32.2. The van der Waals surface area contributed by atoms with Gasteiger partial charge in [0.05, 0.1) is 11.4 Å². The van der Waals surface area contributed by atoms with Crippen molar-refractivity contribution in [2.24, 2.45) is 5.73 Å². The van der Waals surface area contributed by atoms with E-state index in [0.717, 1.165) is 10.7 Å². The van der Waals surface area contributed by atoms with Crippen LogP contribution in [0.25, 0.3) is 0 Å². The molecule has 1 aromatic rings. The van der Waals surface area contributed by atoms with Crippen LogP contribution in [0.4, 0.5) is 10.6 Å². The van der Waals surface area contributed by atoms with Crippen molar-refractivity contribution >= 4 is 23.7 Å². The fraction of sp³-hybridized carbons (Fsp3) is 0.455. The number of cyclic esters (lactones) is 1. The first-order valence-electron chi connectivity index (χ1n) is 5.73. The zero-order valence-electron chi connectivity index (χ0n) is 9.92. The molecular weight excluding hydrogens is 252 g/mol. The molecule has 6 nitrogen and oxygen atoms in total. The van der Waals surface area contributed by atoms with E-state index in [-0.39, 0.29) is 12.2 Å². The highest BCUT2D eigenvalue weighted by molar-refractivity contribution is 8.01. The van der Waals surface area contributed by atoms with Crippen molar-refractivity contribution in [2.75, 3.05) is 18.4 Å². The van der Waals surface area contributed by atoms with Gasteiger partial charge in [0.15, 0.2) is 4.99 Å². The quantitative estimate of drug-likeness (QED) is 0.833. The summed E-state index contributed by atoms with van der Waals surface area (Å²) in [5, 5.41) is 3.26. The average Bonchev–Trinajstić information content (AvgIpc) is 2.89. The number of nitrogens with zero attached hydrogens (tertiary/aromatic N) is 2. The first kappa shape index (κ1) is 11.6. The topological polar surface area (TPSA) is 80.5 Å². The zero-order chi connectivity index (χ0) is 12.8. The number of fused-ring (bicyclic) bond motifs is 1. The Morgan fingerprint density at radius 3 is 3.28 bits per heavy atom. The second-order valence-electron chi connectivity index (χ2n) is 4.41. The molecule has 0 spiro atoms. The fourth-order valence-electron chi connectivity index (χ4n) is 2.14. The summed E-state index contributed by atoms with van der Waals surface area (Å²) in [6.45, 7) is 2.79. The first-order valence-corrected chi connectivity index (χ1v) is 6.54. The summed E-state index contributed by atoms with van der Waals surface area (Å²) in [6, 6.07) is 3.86. The van der Waals surface area contributed by atoms with Crippen LogP contribution in [0.1, 0.15) is 6.92 Å². The second kappa shape index (κ2) is 4.03. The monoisotopic (exact) mass is 266 g/mol. The van der Waals surface area contributed by atoms with Crippen molar-refractivity contribution in [3.63, 3.8) is 0 Å². The Balaban J connectivity index is 1.84. The number of rotatable bonds is 2. The molecule has 1 fully saturated rings. The number of nitrogens with one attached hydrogen (secondary N) is 1. The minimum Gasteiger partial charge on any atom is -0.443 e. The van der Waals surface area contributed by atoms with Crippen LogP contribution in [0.15, 0.2) is 23.2 Å². The molecular formula is C11H14N4O2S. The summed E-state index contributed by atoms with van der Waals surface area (Å²) < 4.78 is 5.19. The number of ether oxygens (including phenoxy) is 1. The third-order valence-electron chi connectivity index (χ3n) is 3.08. The Bertz CT molecular complexity index is 471. The van der Waals surface area contributed by atoms with Gasteiger partial charge in [-0.25, -0.2) is 9.78 Å². The van der Waals surface area contributed by atoms with Crippen LogP contribution in [-0.2, 0) is 4.74 Å². The molecule has 0 radical (unpaired) electrons. The molecule has 7 heteroatoms. The van der Waals surface area contributed by atoms with Crippen LogP contribution in [-0.4, -0.2) is 40.2 Å². The molecule has 0 aliphatic carbocycles. The highest BCUT2D eigenvalue weighted by Gasteiger charge is 2.47. The number of hydrogen-bond acceptors (Lipinski definition) is 6. The van der Waals surface area contributed by atoms with Gasteiger partial charge < -0.3 is 15.8 Å². The number of carbonyl (C=O) groups is 1. The lowest BCUT2D eigenvalue weighted by molar-refractivity contribution is 0.130. The Morgan fingerprint density at radius 2 is 2.61 bits per heavy atom. The summed E-state index contributed by atoms with van der Waals surface area (Å²) in [6.07, 6.45) is 1.16. The van der Waals surface area contributed by atoms with E-state index in [0.29, 0.717) is 13.1 Å². The Morgan fingerprint density at radius 1 is 1.78 bits per heavy atom. The zero-order valence-corrected chi connectivity index (χ0v) is 10.7. The van der Waals surface area contributed by atoms with Crippen LogP contribution >= 0.6 is 11.8 Å². The number of thioether (sulfide) groups is 1. The fourth-order valence-corrected chi connectivity index (χ4v) is 3.32. The van der Waals surface area contributed by atoms with Crippen LogP contribution in [0.5, 0.6) is 0 Å². The van der Waals surface area contributed by atoms with Crippen molar-refractivity contribution in [3.05, 3.63) is 18.3 Å². The van der Waals surface area contributed by atoms with Gasteiger partial charge in [0, 0.05) is 12.7 Å². The summed E-state index contributed by atoms with van der Waals surface area (Å²) in [7, 11) is 0. The maximum atomic E-state index is 11.9. The normalized spacial score (nSPS) is 30.0. The van der Waals surface area contributed by atoms with Gasteiger partial charge in [0.1, 0.15) is 11.9 Å². The first-order chi connectivity index (χ1) is 8.62. The third-order valence-corrected chi connectivity index (χ3v) is 4.35. The van der Waals surface area contributed by atoms with Gasteiger partial charge in [-0.15, -0.1) is 0 Å². The molecule has 0 aromatic carbocycles. The summed E-state index contributed by atoms with van der Waals surface area (Å²) in [4.78, 5) is 18.3. The van der Waals surface area contributed by atoms with Gasteiger partial charge in [-0.2, -0.15) is 0 Å².